The number of aromatic nitrogens is 4. The molecular formula is C23H20N6O4. The van der Waals surface area contributed by atoms with Gasteiger partial charge < -0.3 is 10.1 Å². The summed E-state index contributed by atoms with van der Waals surface area (Å²) in [6.07, 6.45) is 6.26. The van der Waals surface area contributed by atoms with Crippen molar-refractivity contribution < 1.29 is 9.66 Å². The second-order valence-electron chi connectivity index (χ2n) is 7.73. The highest BCUT2D eigenvalue weighted by atomic mass is 16.6. The summed E-state index contributed by atoms with van der Waals surface area (Å²) in [5, 5.41) is 15.2. The van der Waals surface area contributed by atoms with Crippen molar-refractivity contribution in [1.82, 2.24) is 24.8 Å². The summed E-state index contributed by atoms with van der Waals surface area (Å²) >= 11 is 0. The lowest BCUT2D eigenvalue weighted by atomic mass is 10.0. The van der Waals surface area contributed by atoms with E-state index in [4.69, 9.17) is 9.72 Å². The monoisotopic (exact) mass is 444 g/mol. The number of non-ortho nitro benzene ring substituents is 1. The maximum Gasteiger partial charge on any atom is 0.271 e. The van der Waals surface area contributed by atoms with Gasteiger partial charge in [0.05, 0.1) is 34.7 Å². The van der Waals surface area contributed by atoms with Gasteiger partial charge in [-0.2, -0.15) is 0 Å². The van der Waals surface area contributed by atoms with Crippen molar-refractivity contribution in [2.75, 3.05) is 13.7 Å². The quantitative estimate of drug-likeness (QED) is 0.367. The van der Waals surface area contributed by atoms with Crippen molar-refractivity contribution in [2.45, 2.75) is 18.9 Å². The van der Waals surface area contributed by atoms with Crippen molar-refractivity contribution >= 4 is 16.6 Å². The Labute approximate surface area is 188 Å². The first-order valence-electron chi connectivity index (χ1n) is 10.4. The lowest BCUT2D eigenvalue weighted by Crippen LogP contribution is -2.29. The molecule has 0 spiro atoms. The number of nitrogens with zero attached hydrogens (tertiary/aromatic N) is 5. The van der Waals surface area contributed by atoms with Gasteiger partial charge in [-0.1, -0.05) is 0 Å². The average Bonchev–Trinajstić information content (AvgIpc) is 3.39. The number of rotatable bonds is 5. The van der Waals surface area contributed by atoms with E-state index in [-0.39, 0.29) is 22.7 Å². The molecule has 10 nitrogen and oxygen atoms in total. The summed E-state index contributed by atoms with van der Waals surface area (Å²) in [7, 11) is 1.57. The maximum atomic E-state index is 13.8. The minimum atomic E-state index is -0.518. The highest BCUT2D eigenvalue weighted by Gasteiger charge is 2.26. The Morgan fingerprint density at radius 2 is 1.94 bits per heavy atom. The van der Waals surface area contributed by atoms with Gasteiger partial charge in [-0.15, -0.1) is 0 Å². The molecular weight excluding hydrogens is 424 g/mol. The fourth-order valence-corrected chi connectivity index (χ4v) is 4.17. The standard InChI is InChI=1S/C23H20N6O4/c1-33-17-6-4-15(5-7-17)28-22(20-3-2-8-26-20)27-21-18(14-11-24-13-25-12-14)9-16(29(31)32)10-19(21)23(28)30/h4-7,9-13,20,26H,2-3,8H2,1H3. The topological polar surface area (TPSA) is 125 Å². The van der Waals surface area contributed by atoms with E-state index in [9.17, 15) is 14.9 Å². The Hall–Kier alpha value is -4.18. The molecule has 1 atom stereocenters. The molecule has 1 unspecified atom stereocenters. The largest absolute Gasteiger partial charge is 0.497 e. The average molecular weight is 444 g/mol. The van der Waals surface area contributed by atoms with Gasteiger partial charge in [0, 0.05) is 35.7 Å². The van der Waals surface area contributed by atoms with Gasteiger partial charge in [-0.05, 0) is 43.7 Å². The predicted molar refractivity (Wildman–Crippen MR) is 122 cm³/mol. The van der Waals surface area contributed by atoms with Crippen molar-refractivity contribution in [1.29, 1.82) is 0 Å². The summed E-state index contributed by atoms with van der Waals surface area (Å²) in [5.41, 5.74) is 1.40. The van der Waals surface area contributed by atoms with E-state index >= 15 is 0 Å². The molecule has 1 aliphatic rings. The number of fused-ring (bicyclic) bond motifs is 1. The van der Waals surface area contributed by atoms with E-state index in [2.05, 4.69) is 15.3 Å². The summed E-state index contributed by atoms with van der Waals surface area (Å²) in [6.45, 7) is 0.820. The van der Waals surface area contributed by atoms with Gasteiger partial charge >= 0.3 is 0 Å². The fraction of sp³-hybridized carbons (Fsp3) is 0.217. The summed E-state index contributed by atoms with van der Waals surface area (Å²) in [5.74, 6) is 1.21. The lowest BCUT2D eigenvalue weighted by Gasteiger charge is -2.19. The van der Waals surface area contributed by atoms with Crippen LogP contribution < -0.4 is 15.6 Å². The highest BCUT2D eigenvalue weighted by molar-refractivity contribution is 5.95. The molecule has 33 heavy (non-hydrogen) atoms. The third kappa shape index (κ3) is 3.70. The zero-order chi connectivity index (χ0) is 22.9. The van der Waals surface area contributed by atoms with Crippen LogP contribution in [-0.4, -0.2) is 38.1 Å². The molecule has 1 N–H and O–H groups in total. The van der Waals surface area contributed by atoms with Gasteiger partial charge in [0.1, 0.15) is 17.9 Å². The maximum absolute atomic E-state index is 13.8. The molecule has 1 aliphatic heterocycles. The Kier molecular flexibility index (Phi) is 5.27. The number of hydrogen-bond donors (Lipinski definition) is 1. The first-order chi connectivity index (χ1) is 16.1. The van der Waals surface area contributed by atoms with E-state index in [0.29, 0.717) is 33.9 Å². The minimum absolute atomic E-state index is 0.126. The van der Waals surface area contributed by atoms with E-state index in [1.807, 2.05) is 0 Å². The second-order valence-corrected chi connectivity index (χ2v) is 7.73. The minimum Gasteiger partial charge on any atom is -0.497 e. The Bertz CT molecular complexity index is 1400. The normalized spacial score (nSPS) is 15.6. The summed E-state index contributed by atoms with van der Waals surface area (Å²) < 4.78 is 6.77. The van der Waals surface area contributed by atoms with Gasteiger partial charge in [0.15, 0.2) is 0 Å². The van der Waals surface area contributed by atoms with Crippen LogP contribution in [0.3, 0.4) is 0 Å². The lowest BCUT2D eigenvalue weighted by molar-refractivity contribution is -0.384. The first-order valence-corrected chi connectivity index (χ1v) is 10.4. The van der Waals surface area contributed by atoms with Crippen LogP contribution in [0.5, 0.6) is 5.75 Å². The van der Waals surface area contributed by atoms with E-state index < -0.39 is 4.92 Å². The Balaban J connectivity index is 1.86. The van der Waals surface area contributed by atoms with Crippen LogP contribution in [0.1, 0.15) is 24.7 Å². The van der Waals surface area contributed by atoms with Crippen LogP contribution in [0.25, 0.3) is 27.7 Å². The van der Waals surface area contributed by atoms with E-state index in [0.717, 1.165) is 19.4 Å². The predicted octanol–water partition coefficient (Wildman–Crippen LogP) is 3.18. The molecule has 0 radical (unpaired) electrons. The van der Waals surface area contributed by atoms with Crippen LogP contribution in [0.4, 0.5) is 5.69 Å². The molecule has 0 aliphatic carbocycles. The fourth-order valence-electron chi connectivity index (χ4n) is 4.17. The van der Waals surface area contributed by atoms with Gasteiger partial charge in [-0.3, -0.25) is 19.5 Å². The van der Waals surface area contributed by atoms with Gasteiger partial charge in [0.25, 0.3) is 11.2 Å². The number of ether oxygens (including phenoxy) is 1. The zero-order valence-electron chi connectivity index (χ0n) is 17.8. The third-order valence-electron chi connectivity index (χ3n) is 5.77. The number of nitrogens with one attached hydrogen (secondary N) is 1. The summed E-state index contributed by atoms with van der Waals surface area (Å²) in [4.78, 5) is 37.9. The van der Waals surface area contributed by atoms with Crippen LogP contribution in [0.15, 0.2) is 59.9 Å². The van der Waals surface area contributed by atoms with Crippen molar-refractivity contribution in [3.8, 4) is 22.6 Å². The van der Waals surface area contributed by atoms with Crippen molar-refractivity contribution in [3.05, 3.63) is 81.4 Å². The molecule has 3 heterocycles. The van der Waals surface area contributed by atoms with E-state index in [1.54, 1.807) is 43.8 Å². The molecule has 0 bridgehead atoms. The Morgan fingerprint density at radius 1 is 1.18 bits per heavy atom. The molecule has 5 rings (SSSR count). The number of hydrogen-bond acceptors (Lipinski definition) is 8. The molecule has 1 fully saturated rings. The molecule has 0 saturated carbocycles. The Morgan fingerprint density at radius 3 is 2.58 bits per heavy atom. The van der Waals surface area contributed by atoms with Gasteiger partial charge in [0.2, 0.25) is 0 Å². The van der Waals surface area contributed by atoms with Crippen molar-refractivity contribution in [2.24, 2.45) is 0 Å². The molecule has 2 aromatic heterocycles. The number of nitro groups is 1. The van der Waals surface area contributed by atoms with Crippen LogP contribution in [0.2, 0.25) is 0 Å². The molecule has 10 heteroatoms. The molecule has 166 valence electrons. The zero-order valence-corrected chi connectivity index (χ0v) is 17.8. The highest BCUT2D eigenvalue weighted by Crippen LogP contribution is 2.32. The van der Waals surface area contributed by atoms with Crippen LogP contribution in [0, 0.1) is 10.1 Å². The molecule has 0 amide bonds. The summed E-state index contributed by atoms with van der Waals surface area (Å²) in [6, 6.07) is 9.64. The SMILES string of the molecule is COc1ccc(-n2c(C3CCCN3)nc3c(-c4cncnc4)cc([N+](=O)[O-])cc3c2=O)cc1. The van der Waals surface area contributed by atoms with Crippen LogP contribution >= 0.6 is 0 Å². The number of methoxy groups -OCH3 is 1. The first kappa shape index (κ1) is 20.7. The van der Waals surface area contributed by atoms with Gasteiger partial charge in [-0.25, -0.2) is 15.0 Å². The third-order valence-corrected chi connectivity index (χ3v) is 5.77. The number of benzene rings is 2. The molecule has 2 aromatic carbocycles. The van der Waals surface area contributed by atoms with Crippen molar-refractivity contribution in [3.63, 3.8) is 0 Å². The van der Waals surface area contributed by atoms with Crippen LogP contribution in [-0.2, 0) is 0 Å². The molecule has 4 aromatic rings. The smallest absolute Gasteiger partial charge is 0.271 e. The second kappa shape index (κ2) is 8.40. The van der Waals surface area contributed by atoms with E-state index in [1.165, 1.54) is 23.0 Å². The molecule has 1 saturated heterocycles. The number of nitro benzene ring substituents is 1.